The van der Waals surface area contributed by atoms with Crippen molar-refractivity contribution >= 4 is 11.6 Å². The molecule has 0 aromatic carbocycles. The molecule has 14 heavy (non-hydrogen) atoms. The van der Waals surface area contributed by atoms with Gasteiger partial charge in [-0.2, -0.15) is 4.98 Å². The Morgan fingerprint density at radius 3 is 2.86 bits per heavy atom. The van der Waals surface area contributed by atoms with Crippen LogP contribution in [0.25, 0.3) is 0 Å². The normalized spacial score (nSPS) is 29.4. The van der Waals surface area contributed by atoms with Gasteiger partial charge >= 0.3 is 0 Å². The van der Waals surface area contributed by atoms with Gasteiger partial charge in [-0.15, -0.1) is 11.6 Å². The van der Waals surface area contributed by atoms with Gasteiger partial charge in [0.05, 0.1) is 17.4 Å². The Labute approximate surface area is 87.6 Å². The van der Waals surface area contributed by atoms with Crippen LogP contribution >= 0.6 is 11.6 Å². The van der Waals surface area contributed by atoms with Crippen LogP contribution < -0.4 is 0 Å². The number of ether oxygens (including phenoxy) is 1. The van der Waals surface area contributed by atoms with Gasteiger partial charge in [0.2, 0.25) is 5.89 Å². The minimum atomic E-state index is -0.204. The van der Waals surface area contributed by atoms with Crippen LogP contribution in [0, 0.1) is 0 Å². The first-order chi connectivity index (χ1) is 6.68. The van der Waals surface area contributed by atoms with Crippen molar-refractivity contribution in [3.8, 4) is 0 Å². The number of halogens is 1. The average Bonchev–Trinajstić information content (AvgIpc) is 2.71. The first-order valence-corrected chi connectivity index (χ1v) is 5.21. The first kappa shape index (κ1) is 9.93. The van der Waals surface area contributed by atoms with E-state index in [1.807, 2.05) is 13.8 Å². The van der Waals surface area contributed by atoms with Crippen LogP contribution in [0.3, 0.4) is 0 Å². The fourth-order valence-corrected chi connectivity index (χ4v) is 1.70. The molecule has 78 valence electrons. The largest absolute Gasteiger partial charge is 0.378 e. The molecule has 1 aliphatic heterocycles. The Morgan fingerprint density at radius 2 is 2.36 bits per heavy atom. The number of alkyl halides is 1. The molecule has 1 aliphatic rings. The summed E-state index contributed by atoms with van der Waals surface area (Å²) in [7, 11) is 0. The molecule has 0 spiro atoms. The Bertz CT molecular complexity index is 314. The van der Waals surface area contributed by atoms with E-state index in [2.05, 4.69) is 10.1 Å². The van der Waals surface area contributed by atoms with Gasteiger partial charge in [0, 0.05) is 6.61 Å². The zero-order valence-electron chi connectivity index (χ0n) is 8.24. The Morgan fingerprint density at radius 1 is 1.57 bits per heavy atom. The highest BCUT2D eigenvalue weighted by Gasteiger charge is 2.31. The highest BCUT2D eigenvalue weighted by atomic mass is 35.5. The Balaban J connectivity index is 2.16. The van der Waals surface area contributed by atoms with Crippen molar-refractivity contribution in [3.63, 3.8) is 0 Å². The van der Waals surface area contributed by atoms with Crippen molar-refractivity contribution in [1.82, 2.24) is 10.1 Å². The molecule has 3 unspecified atom stereocenters. The van der Waals surface area contributed by atoms with Gasteiger partial charge in [-0.3, -0.25) is 0 Å². The van der Waals surface area contributed by atoms with Gasteiger partial charge < -0.3 is 9.26 Å². The van der Waals surface area contributed by atoms with E-state index >= 15 is 0 Å². The van der Waals surface area contributed by atoms with E-state index in [1.165, 1.54) is 0 Å². The zero-order chi connectivity index (χ0) is 10.1. The number of hydrogen-bond donors (Lipinski definition) is 0. The average molecular weight is 217 g/mol. The van der Waals surface area contributed by atoms with E-state index in [0.717, 1.165) is 13.0 Å². The van der Waals surface area contributed by atoms with Crippen LogP contribution in [0.15, 0.2) is 4.52 Å². The number of aromatic nitrogens is 2. The molecule has 0 saturated carbocycles. The van der Waals surface area contributed by atoms with Crippen LogP contribution in [0.2, 0.25) is 0 Å². The second kappa shape index (κ2) is 3.87. The molecule has 5 heteroatoms. The van der Waals surface area contributed by atoms with Crippen LogP contribution in [-0.4, -0.2) is 22.9 Å². The fourth-order valence-electron chi connectivity index (χ4n) is 1.62. The summed E-state index contributed by atoms with van der Waals surface area (Å²) in [6, 6.07) is 0. The predicted molar refractivity (Wildman–Crippen MR) is 51.3 cm³/mol. The number of nitrogens with zero attached hydrogens (tertiary/aromatic N) is 2. The summed E-state index contributed by atoms with van der Waals surface area (Å²) in [6.45, 7) is 4.61. The molecule has 1 aromatic heterocycles. The number of rotatable bonds is 2. The molecule has 0 N–H and O–H groups in total. The van der Waals surface area contributed by atoms with Crippen molar-refractivity contribution in [1.29, 1.82) is 0 Å². The van der Waals surface area contributed by atoms with E-state index in [1.54, 1.807) is 0 Å². The van der Waals surface area contributed by atoms with Crippen molar-refractivity contribution in [2.24, 2.45) is 0 Å². The molecule has 1 saturated heterocycles. The standard InChI is InChI=1S/C9H13ClN2O2/c1-5(10)8-11-9(14-12-8)7-3-4-13-6(7)2/h5-7H,3-4H2,1-2H3. The summed E-state index contributed by atoms with van der Waals surface area (Å²) < 4.78 is 10.6. The second-order valence-electron chi connectivity index (χ2n) is 3.58. The maximum absolute atomic E-state index is 5.84. The van der Waals surface area contributed by atoms with Crippen LogP contribution in [0.1, 0.15) is 43.3 Å². The quantitative estimate of drug-likeness (QED) is 0.712. The van der Waals surface area contributed by atoms with E-state index in [0.29, 0.717) is 11.7 Å². The minimum absolute atomic E-state index is 0.161. The van der Waals surface area contributed by atoms with Gasteiger partial charge in [0.25, 0.3) is 0 Å². The van der Waals surface area contributed by atoms with Gasteiger partial charge in [-0.25, -0.2) is 0 Å². The Kier molecular flexibility index (Phi) is 2.74. The van der Waals surface area contributed by atoms with Gasteiger partial charge in [-0.05, 0) is 20.3 Å². The van der Waals surface area contributed by atoms with E-state index in [4.69, 9.17) is 20.9 Å². The molecular formula is C9H13ClN2O2. The van der Waals surface area contributed by atoms with Crippen LogP contribution in [0.4, 0.5) is 0 Å². The SMILES string of the molecule is CC(Cl)c1noc(C2CCOC2C)n1. The molecule has 4 nitrogen and oxygen atoms in total. The summed E-state index contributed by atoms with van der Waals surface area (Å²) in [6.07, 6.45) is 1.10. The lowest BCUT2D eigenvalue weighted by atomic mass is 10.0. The highest BCUT2D eigenvalue weighted by molar-refractivity contribution is 6.20. The fraction of sp³-hybridized carbons (Fsp3) is 0.778. The molecule has 1 fully saturated rings. The topological polar surface area (TPSA) is 48.2 Å². The van der Waals surface area contributed by atoms with Crippen molar-refractivity contribution in [3.05, 3.63) is 11.7 Å². The van der Waals surface area contributed by atoms with Gasteiger partial charge in [0.1, 0.15) is 0 Å². The maximum Gasteiger partial charge on any atom is 0.232 e. The zero-order valence-corrected chi connectivity index (χ0v) is 8.99. The van der Waals surface area contributed by atoms with Crippen molar-refractivity contribution in [2.45, 2.75) is 37.7 Å². The smallest absolute Gasteiger partial charge is 0.232 e. The summed E-state index contributed by atoms with van der Waals surface area (Å²) in [5, 5.41) is 3.62. The molecular weight excluding hydrogens is 204 g/mol. The highest BCUT2D eigenvalue weighted by Crippen LogP contribution is 2.30. The van der Waals surface area contributed by atoms with E-state index in [-0.39, 0.29) is 17.4 Å². The molecule has 0 radical (unpaired) electrons. The first-order valence-electron chi connectivity index (χ1n) is 4.77. The molecule has 3 atom stereocenters. The minimum Gasteiger partial charge on any atom is -0.378 e. The predicted octanol–water partition coefficient (Wildman–Crippen LogP) is 2.26. The van der Waals surface area contributed by atoms with Gasteiger partial charge in [-0.1, -0.05) is 5.16 Å². The lowest BCUT2D eigenvalue weighted by Crippen LogP contribution is -2.09. The van der Waals surface area contributed by atoms with Crippen molar-refractivity contribution < 1.29 is 9.26 Å². The van der Waals surface area contributed by atoms with E-state index in [9.17, 15) is 0 Å². The molecule has 0 bridgehead atoms. The molecule has 2 rings (SSSR count). The molecule has 1 aromatic rings. The van der Waals surface area contributed by atoms with Gasteiger partial charge in [0.15, 0.2) is 5.82 Å². The van der Waals surface area contributed by atoms with E-state index < -0.39 is 0 Å². The third kappa shape index (κ3) is 1.77. The second-order valence-corrected chi connectivity index (χ2v) is 4.23. The molecule has 0 amide bonds. The molecule has 2 heterocycles. The molecule has 0 aliphatic carbocycles. The maximum atomic E-state index is 5.84. The lowest BCUT2D eigenvalue weighted by Gasteiger charge is -2.07. The summed E-state index contributed by atoms with van der Waals surface area (Å²) in [4.78, 5) is 4.25. The monoisotopic (exact) mass is 216 g/mol. The van der Waals surface area contributed by atoms with Crippen LogP contribution in [0.5, 0.6) is 0 Å². The third-order valence-corrected chi connectivity index (χ3v) is 2.70. The number of hydrogen-bond acceptors (Lipinski definition) is 4. The third-order valence-electron chi connectivity index (χ3n) is 2.51. The summed E-state index contributed by atoms with van der Waals surface area (Å²) >= 11 is 5.84. The summed E-state index contributed by atoms with van der Waals surface area (Å²) in [5.74, 6) is 1.44. The van der Waals surface area contributed by atoms with Crippen LogP contribution in [-0.2, 0) is 4.74 Å². The van der Waals surface area contributed by atoms with Crippen molar-refractivity contribution in [2.75, 3.05) is 6.61 Å². The lowest BCUT2D eigenvalue weighted by molar-refractivity contribution is 0.113. The summed E-state index contributed by atoms with van der Waals surface area (Å²) in [5.41, 5.74) is 0. The Hall–Kier alpha value is -0.610.